The van der Waals surface area contributed by atoms with E-state index in [9.17, 15) is 14.4 Å². The lowest BCUT2D eigenvalue weighted by Crippen LogP contribution is -2.28. The number of anilines is 1. The van der Waals surface area contributed by atoms with Crippen molar-refractivity contribution >= 4 is 58.5 Å². The number of amides is 3. The Hall–Kier alpha value is -3.93. The van der Waals surface area contributed by atoms with Gasteiger partial charge in [0.25, 0.3) is 17.6 Å². The zero-order valence-electron chi connectivity index (χ0n) is 19.1. The lowest BCUT2D eigenvalue weighted by molar-refractivity contribution is -0.117. The highest BCUT2D eigenvalue weighted by atomic mass is 35.5. The molecule has 0 aliphatic carbocycles. The Morgan fingerprint density at radius 1 is 1.03 bits per heavy atom. The van der Waals surface area contributed by atoms with E-state index in [0.717, 1.165) is 5.56 Å². The molecule has 0 unspecified atom stereocenters. The highest BCUT2D eigenvalue weighted by molar-refractivity contribution is 6.35. The van der Waals surface area contributed by atoms with Crippen LogP contribution in [0.1, 0.15) is 33.1 Å². The van der Waals surface area contributed by atoms with E-state index in [-0.39, 0.29) is 30.5 Å². The highest BCUT2D eigenvalue weighted by Crippen LogP contribution is 2.33. The number of nitrogens with zero attached hydrogens (tertiary/aromatic N) is 4. The minimum atomic E-state index is -0.701. The number of halogens is 3. The maximum atomic E-state index is 13.1. The van der Waals surface area contributed by atoms with Crippen molar-refractivity contribution < 1.29 is 18.9 Å². The molecule has 11 nitrogen and oxygen atoms in total. The molecule has 14 heteroatoms. The fraction of sp³-hybridized carbons (Fsp3) is 0.130. The fourth-order valence-electron chi connectivity index (χ4n) is 3.39. The molecule has 2 aromatic heterocycles. The second kappa shape index (κ2) is 11.0. The molecule has 2 aromatic carbocycles. The number of hydrogen-bond acceptors (Lipinski definition) is 7. The Kier molecular flexibility index (Phi) is 7.77. The zero-order valence-corrected chi connectivity index (χ0v) is 21.4. The van der Waals surface area contributed by atoms with E-state index in [0.29, 0.717) is 32.0 Å². The summed E-state index contributed by atoms with van der Waals surface area (Å²) in [4.78, 5) is 39.9. The van der Waals surface area contributed by atoms with Gasteiger partial charge in [-0.15, -0.1) is 0 Å². The van der Waals surface area contributed by atoms with Gasteiger partial charge in [-0.25, -0.2) is 4.68 Å². The Balaban J connectivity index is 1.65. The summed E-state index contributed by atoms with van der Waals surface area (Å²) in [5.74, 6) is -2.28. The van der Waals surface area contributed by atoms with Crippen molar-refractivity contribution in [1.82, 2.24) is 25.2 Å². The molecule has 0 spiro atoms. The molecule has 0 atom stereocenters. The lowest BCUT2D eigenvalue weighted by atomic mass is 10.1. The van der Waals surface area contributed by atoms with E-state index < -0.39 is 17.7 Å². The summed E-state index contributed by atoms with van der Waals surface area (Å²) in [6, 6.07) is 11.6. The molecule has 0 aliphatic rings. The zero-order chi connectivity index (χ0) is 26.7. The van der Waals surface area contributed by atoms with Crippen LogP contribution < -0.4 is 16.4 Å². The van der Waals surface area contributed by atoms with Crippen LogP contribution in [0.25, 0.3) is 16.9 Å². The van der Waals surface area contributed by atoms with Crippen LogP contribution in [0.4, 0.5) is 6.01 Å². The molecule has 4 aromatic rings. The minimum Gasteiger partial charge on any atom is -0.370 e. The highest BCUT2D eigenvalue weighted by Gasteiger charge is 2.25. The number of nitrogens with two attached hydrogens (primary N) is 1. The third-order valence-corrected chi connectivity index (χ3v) is 5.89. The van der Waals surface area contributed by atoms with Gasteiger partial charge in [-0.2, -0.15) is 10.1 Å². The predicted molar refractivity (Wildman–Crippen MR) is 137 cm³/mol. The van der Waals surface area contributed by atoms with Crippen molar-refractivity contribution in [3.05, 3.63) is 74.6 Å². The number of carbonyl (C=O) groups excluding carboxylic acids is 3. The Morgan fingerprint density at radius 2 is 1.73 bits per heavy atom. The first-order chi connectivity index (χ1) is 17.6. The van der Waals surface area contributed by atoms with Crippen molar-refractivity contribution in [2.45, 2.75) is 13.3 Å². The van der Waals surface area contributed by atoms with Crippen LogP contribution in [0.2, 0.25) is 15.1 Å². The third-order valence-electron chi connectivity index (χ3n) is 5.10. The van der Waals surface area contributed by atoms with Crippen LogP contribution in [-0.2, 0) is 4.79 Å². The average molecular weight is 563 g/mol. The van der Waals surface area contributed by atoms with Crippen molar-refractivity contribution in [2.75, 3.05) is 11.9 Å². The Morgan fingerprint density at radius 3 is 2.41 bits per heavy atom. The van der Waals surface area contributed by atoms with Gasteiger partial charge in [-0.05, 0) is 42.4 Å². The van der Waals surface area contributed by atoms with Crippen molar-refractivity contribution in [2.24, 2.45) is 5.73 Å². The molecule has 37 heavy (non-hydrogen) atoms. The minimum absolute atomic E-state index is 0.00175. The van der Waals surface area contributed by atoms with Gasteiger partial charge in [0.15, 0.2) is 5.69 Å². The van der Waals surface area contributed by atoms with Crippen molar-refractivity contribution in [1.29, 1.82) is 0 Å². The molecule has 0 bridgehead atoms. The molecule has 0 radical (unpaired) electrons. The number of aromatic nitrogens is 4. The molecule has 4 N–H and O–H groups in total. The third kappa shape index (κ3) is 5.91. The summed E-state index contributed by atoms with van der Waals surface area (Å²) in [5, 5.41) is 14.2. The molecule has 0 fully saturated rings. The molecule has 0 saturated carbocycles. The first kappa shape index (κ1) is 26.1. The summed E-state index contributed by atoms with van der Waals surface area (Å²) >= 11 is 18.6. The molecule has 3 amide bonds. The molecular formula is C23H18Cl3N7O4. The number of carbonyl (C=O) groups is 3. The van der Waals surface area contributed by atoms with Gasteiger partial charge in [0.2, 0.25) is 5.91 Å². The van der Waals surface area contributed by atoms with Crippen LogP contribution in [0.15, 0.2) is 47.0 Å². The largest absolute Gasteiger partial charge is 0.370 e. The second-order valence-corrected chi connectivity index (χ2v) is 8.97. The van der Waals surface area contributed by atoms with Gasteiger partial charge in [0.1, 0.15) is 0 Å². The average Bonchev–Trinajstić information content (AvgIpc) is 3.44. The summed E-state index contributed by atoms with van der Waals surface area (Å²) in [7, 11) is 0. The quantitative estimate of drug-likeness (QED) is 0.292. The molecule has 0 saturated heterocycles. The van der Waals surface area contributed by atoms with E-state index in [2.05, 4.69) is 25.9 Å². The molecule has 0 aliphatic heterocycles. The smallest absolute Gasteiger partial charge is 0.328 e. The van der Waals surface area contributed by atoms with Crippen LogP contribution in [0, 0.1) is 6.92 Å². The van der Waals surface area contributed by atoms with Crippen molar-refractivity contribution in [3.63, 3.8) is 0 Å². The van der Waals surface area contributed by atoms with Gasteiger partial charge in [-0.3, -0.25) is 19.7 Å². The lowest BCUT2D eigenvalue weighted by Gasteiger charge is -2.11. The first-order valence-electron chi connectivity index (χ1n) is 10.7. The number of hydrogen-bond donors (Lipinski definition) is 3. The van der Waals surface area contributed by atoms with E-state index in [4.69, 9.17) is 45.1 Å². The topological polar surface area (TPSA) is 158 Å². The molecule has 4 rings (SSSR count). The van der Waals surface area contributed by atoms with Crippen LogP contribution in [0.5, 0.6) is 0 Å². The number of nitrogens with one attached hydrogen (secondary N) is 2. The number of rotatable bonds is 8. The summed E-state index contributed by atoms with van der Waals surface area (Å²) in [5.41, 5.74) is 7.41. The number of benzene rings is 2. The van der Waals surface area contributed by atoms with Gasteiger partial charge in [-0.1, -0.05) is 46.9 Å². The predicted octanol–water partition coefficient (Wildman–Crippen LogP) is 4.05. The maximum absolute atomic E-state index is 13.1. The second-order valence-electron chi connectivity index (χ2n) is 7.69. The SMILES string of the molecule is Cc1c(C(=O)Nc2nc(C(=O)NCCC(N)=O)no2)nn(-c2ccc(Cl)cc2Cl)c1-c1ccc(Cl)cc1. The van der Waals surface area contributed by atoms with E-state index >= 15 is 0 Å². The summed E-state index contributed by atoms with van der Waals surface area (Å²) in [6.07, 6.45) is -0.0529. The Labute approximate surface area is 224 Å². The standard InChI is InChI=1S/C23H18Cl3N7O4/c1-11-18(21(35)30-23-29-20(32-37-23)22(36)28-9-8-17(27)34)31-33(16-7-6-14(25)10-15(16)26)19(11)12-2-4-13(24)5-3-12/h2-7,10H,8-9H2,1H3,(H2,27,34)(H,28,36)(H,29,30,32,35). The van der Waals surface area contributed by atoms with Gasteiger partial charge in [0.05, 0.1) is 16.4 Å². The summed E-state index contributed by atoms with van der Waals surface area (Å²) in [6.45, 7) is 1.72. The van der Waals surface area contributed by atoms with Crippen LogP contribution in [0.3, 0.4) is 0 Å². The van der Waals surface area contributed by atoms with E-state index in [1.165, 1.54) is 4.68 Å². The summed E-state index contributed by atoms with van der Waals surface area (Å²) < 4.78 is 6.49. The molecule has 2 heterocycles. The van der Waals surface area contributed by atoms with Crippen LogP contribution >= 0.6 is 34.8 Å². The van der Waals surface area contributed by atoms with E-state index in [1.54, 1.807) is 49.4 Å². The Bertz CT molecular complexity index is 1500. The number of primary amides is 1. The fourth-order valence-corrected chi connectivity index (χ4v) is 4.00. The van der Waals surface area contributed by atoms with Gasteiger partial charge >= 0.3 is 6.01 Å². The monoisotopic (exact) mass is 561 g/mol. The van der Waals surface area contributed by atoms with E-state index in [1.807, 2.05) is 0 Å². The van der Waals surface area contributed by atoms with Gasteiger partial charge < -0.3 is 15.6 Å². The normalized spacial score (nSPS) is 10.8. The van der Waals surface area contributed by atoms with Gasteiger partial charge in [0, 0.05) is 34.1 Å². The maximum Gasteiger partial charge on any atom is 0.328 e. The van der Waals surface area contributed by atoms with Crippen molar-refractivity contribution in [3.8, 4) is 16.9 Å². The molecular weight excluding hydrogens is 545 g/mol. The van der Waals surface area contributed by atoms with Crippen LogP contribution in [-0.4, -0.2) is 44.2 Å². The first-order valence-corrected chi connectivity index (χ1v) is 11.8. The molecule has 190 valence electrons.